The number of hydrogen-bond acceptors (Lipinski definition) is 8. The summed E-state index contributed by atoms with van der Waals surface area (Å²) in [6, 6.07) is 16.8. The number of fused-ring (bicyclic) bond motifs is 3. The van der Waals surface area contributed by atoms with Crippen molar-refractivity contribution in [1.82, 2.24) is 4.98 Å². The molecule has 3 aromatic carbocycles. The summed E-state index contributed by atoms with van der Waals surface area (Å²) in [5, 5.41) is 15.3. The van der Waals surface area contributed by atoms with Gasteiger partial charge in [0.25, 0.3) is 11.6 Å². The summed E-state index contributed by atoms with van der Waals surface area (Å²) in [6.07, 6.45) is 0.272. The Balaban J connectivity index is 1.44. The molecular weight excluding hydrogens is 478 g/mol. The molecule has 0 spiro atoms. The lowest BCUT2D eigenvalue weighted by atomic mass is 9.82. The molecule has 0 saturated carbocycles. The molecule has 1 heterocycles. The van der Waals surface area contributed by atoms with Crippen molar-refractivity contribution in [3.63, 3.8) is 0 Å². The summed E-state index contributed by atoms with van der Waals surface area (Å²) in [4.78, 5) is 67.0. The topological polar surface area (TPSA) is 146 Å². The molecule has 0 radical (unpaired) electrons. The molecule has 37 heavy (non-hydrogen) atoms. The van der Waals surface area contributed by atoms with Gasteiger partial charge in [-0.15, -0.1) is 0 Å². The highest BCUT2D eigenvalue weighted by molar-refractivity contribution is 6.30. The summed E-state index contributed by atoms with van der Waals surface area (Å²) in [7, 11) is 0. The SMILES string of the molecule is CC(OC(=O)c1ccc2c(c1[N+](=O)[O-])C(=O)c1ccccc1C2=O)C(=O)Nc1cccc2ncccc12. The molecule has 1 aliphatic carbocycles. The van der Waals surface area contributed by atoms with Crippen molar-refractivity contribution in [3.05, 3.63) is 111 Å². The second kappa shape index (κ2) is 9.08. The molecular formula is C27H17N3O7. The average Bonchev–Trinajstić information content (AvgIpc) is 2.91. The minimum Gasteiger partial charge on any atom is -0.449 e. The van der Waals surface area contributed by atoms with Crippen LogP contribution in [0.25, 0.3) is 10.9 Å². The quantitative estimate of drug-likeness (QED) is 0.218. The van der Waals surface area contributed by atoms with E-state index in [0.717, 1.165) is 6.07 Å². The summed E-state index contributed by atoms with van der Waals surface area (Å²) >= 11 is 0. The molecule has 1 amide bonds. The molecule has 0 aliphatic heterocycles. The van der Waals surface area contributed by atoms with Gasteiger partial charge in [0.15, 0.2) is 11.9 Å². The minimum absolute atomic E-state index is 0.00550. The van der Waals surface area contributed by atoms with Crippen LogP contribution < -0.4 is 5.32 Å². The van der Waals surface area contributed by atoms with Gasteiger partial charge in [0.05, 0.1) is 16.1 Å². The molecule has 1 unspecified atom stereocenters. The van der Waals surface area contributed by atoms with E-state index in [-0.39, 0.29) is 16.7 Å². The van der Waals surface area contributed by atoms with Crippen molar-refractivity contribution in [3.8, 4) is 0 Å². The molecule has 0 fully saturated rings. The second-order valence-electron chi connectivity index (χ2n) is 8.26. The highest BCUT2D eigenvalue weighted by atomic mass is 16.6. The van der Waals surface area contributed by atoms with Crippen LogP contribution in [0.5, 0.6) is 0 Å². The van der Waals surface area contributed by atoms with Gasteiger partial charge in [0.2, 0.25) is 5.78 Å². The lowest BCUT2D eigenvalue weighted by Gasteiger charge is -2.19. The molecule has 10 heteroatoms. The van der Waals surface area contributed by atoms with Crippen LogP contribution in [-0.2, 0) is 9.53 Å². The average molecular weight is 495 g/mol. The van der Waals surface area contributed by atoms with Crippen LogP contribution in [0.3, 0.4) is 0 Å². The van der Waals surface area contributed by atoms with Gasteiger partial charge in [0, 0.05) is 28.3 Å². The maximum absolute atomic E-state index is 13.1. The van der Waals surface area contributed by atoms with E-state index in [1.807, 2.05) is 0 Å². The van der Waals surface area contributed by atoms with Gasteiger partial charge in [0.1, 0.15) is 11.1 Å². The smallest absolute Gasteiger partial charge is 0.345 e. The number of amides is 1. The van der Waals surface area contributed by atoms with Gasteiger partial charge < -0.3 is 10.1 Å². The van der Waals surface area contributed by atoms with Crippen molar-refractivity contribution < 1.29 is 28.8 Å². The van der Waals surface area contributed by atoms with E-state index in [9.17, 15) is 29.3 Å². The Bertz CT molecular complexity index is 1660. The van der Waals surface area contributed by atoms with Crippen LogP contribution in [0.4, 0.5) is 11.4 Å². The Labute approximate surface area is 209 Å². The van der Waals surface area contributed by atoms with Gasteiger partial charge in [-0.05, 0) is 43.3 Å². The normalized spacial score (nSPS) is 12.9. The first-order valence-electron chi connectivity index (χ1n) is 11.1. The lowest BCUT2D eigenvalue weighted by Crippen LogP contribution is -2.30. The summed E-state index contributed by atoms with van der Waals surface area (Å²) in [5.41, 5.74) is -0.826. The molecule has 0 bridgehead atoms. The number of pyridine rings is 1. The number of aromatic nitrogens is 1. The van der Waals surface area contributed by atoms with E-state index in [1.165, 1.54) is 31.2 Å². The zero-order valence-electron chi connectivity index (χ0n) is 19.3. The molecule has 182 valence electrons. The Kier molecular flexibility index (Phi) is 5.76. The number of carbonyl (C=O) groups is 4. The van der Waals surface area contributed by atoms with E-state index >= 15 is 0 Å². The summed E-state index contributed by atoms with van der Waals surface area (Å²) in [5.74, 6) is -3.17. The van der Waals surface area contributed by atoms with Crippen molar-refractivity contribution >= 4 is 45.7 Å². The van der Waals surface area contributed by atoms with Gasteiger partial charge in [-0.1, -0.05) is 30.3 Å². The number of ketones is 2. The number of anilines is 1. The number of nitrogens with zero attached hydrogens (tertiary/aromatic N) is 2. The molecule has 1 atom stereocenters. The predicted molar refractivity (Wildman–Crippen MR) is 132 cm³/mol. The van der Waals surface area contributed by atoms with Crippen LogP contribution in [-0.4, -0.2) is 39.5 Å². The van der Waals surface area contributed by atoms with Crippen LogP contribution >= 0.6 is 0 Å². The first-order chi connectivity index (χ1) is 17.8. The highest BCUT2D eigenvalue weighted by Crippen LogP contribution is 2.36. The Morgan fingerprint density at radius 2 is 1.65 bits per heavy atom. The number of hydrogen-bond donors (Lipinski definition) is 1. The van der Waals surface area contributed by atoms with E-state index in [4.69, 9.17) is 4.74 Å². The van der Waals surface area contributed by atoms with Gasteiger partial charge >= 0.3 is 5.97 Å². The minimum atomic E-state index is -1.34. The first-order valence-corrected chi connectivity index (χ1v) is 11.1. The maximum Gasteiger partial charge on any atom is 0.345 e. The Morgan fingerprint density at radius 3 is 2.38 bits per heavy atom. The Morgan fingerprint density at radius 1 is 0.919 bits per heavy atom. The number of nitrogens with one attached hydrogen (secondary N) is 1. The molecule has 10 nitrogen and oxygen atoms in total. The Hall–Kier alpha value is -5.25. The summed E-state index contributed by atoms with van der Waals surface area (Å²) in [6.45, 7) is 1.31. The van der Waals surface area contributed by atoms with Crippen molar-refractivity contribution in [2.75, 3.05) is 5.32 Å². The van der Waals surface area contributed by atoms with Crippen LogP contribution in [0.2, 0.25) is 0 Å². The number of carbonyl (C=O) groups excluding carboxylic acids is 4. The molecule has 5 rings (SSSR count). The van der Waals surface area contributed by atoms with Crippen LogP contribution in [0, 0.1) is 10.1 Å². The third kappa shape index (κ3) is 4.00. The molecule has 1 aliphatic rings. The zero-order valence-corrected chi connectivity index (χ0v) is 19.3. The van der Waals surface area contributed by atoms with E-state index in [0.29, 0.717) is 16.6 Å². The number of nitro benzene ring substituents is 1. The van der Waals surface area contributed by atoms with Crippen molar-refractivity contribution in [2.24, 2.45) is 0 Å². The van der Waals surface area contributed by atoms with Crippen molar-refractivity contribution in [1.29, 1.82) is 0 Å². The fourth-order valence-electron chi connectivity index (χ4n) is 4.25. The number of nitro groups is 1. The monoisotopic (exact) mass is 495 g/mol. The van der Waals surface area contributed by atoms with Crippen LogP contribution in [0.1, 0.15) is 49.1 Å². The van der Waals surface area contributed by atoms with Gasteiger partial charge in [-0.25, -0.2) is 4.79 Å². The largest absolute Gasteiger partial charge is 0.449 e. The third-order valence-electron chi connectivity index (χ3n) is 6.03. The first kappa shape index (κ1) is 23.5. The fourth-order valence-corrected chi connectivity index (χ4v) is 4.25. The zero-order chi connectivity index (χ0) is 26.3. The van der Waals surface area contributed by atoms with Crippen molar-refractivity contribution in [2.45, 2.75) is 13.0 Å². The number of benzene rings is 3. The lowest BCUT2D eigenvalue weighted by molar-refractivity contribution is -0.385. The summed E-state index contributed by atoms with van der Waals surface area (Å²) < 4.78 is 5.23. The molecule has 0 saturated heterocycles. The highest BCUT2D eigenvalue weighted by Gasteiger charge is 2.39. The predicted octanol–water partition coefficient (Wildman–Crippen LogP) is 4.10. The maximum atomic E-state index is 13.1. The molecule has 4 aromatic rings. The fraction of sp³-hybridized carbons (Fsp3) is 0.0741. The van der Waals surface area contributed by atoms with E-state index in [1.54, 1.807) is 42.6 Å². The third-order valence-corrected chi connectivity index (χ3v) is 6.03. The van der Waals surface area contributed by atoms with Gasteiger partial charge in [-0.2, -0.15) is 0 Å². The van der Waals surface area contributed by atoms with E-state index < -0.39 is 51.3 Å². The molecule has 1 N–H and O–H groups in total. The molecule has 1 aromatic heterocycles. The standard InChI is InChI=1S/C27H17N3O7/c1-14(26(33)29-21-10-4-9-20-17(21)8-5-13-28-20)37-27(34)19-12-11-18-22(23(19)30(35)36)25(32)16-7-3-2-6-15(16)24(18)31/h2-14H,1H3,(H,29,33). The van der Waals surface area contributed by atoms with Crippen LogP contribution in [0.15, 0.2) is 72.9 Å². The van der Waals surface area contributed by atoms with E-state index in [2.05, 4.69) is 10.3 Å². The number of ether oxygens (including phenoxy) is 1. The van der Waals surface area contributed by atoms with Gasteiger partial charge in [-0.3, -0.25) is 29.5 Å². The second-order valence-corrected chi connectivity index (χ2v) is 8.26. The number of esters is 1. The number of rotatable bonds is 5.